The smallest absolute Gasteiger partial charge is 0.407 e. The average Bonchev–Trinajstić information content (AvgIpc) is 3.12. The zero-order valence-corrected chi connectivity index (χ0v) is 18.3. The van der Waals surface area contributed by atoms with Gasteiger partial charge in [0, 0.05) is 32.5 Å². The van der Waals surface area contributed by atoms with E-state index >= 15 is 0 Å². The number of carboxylic acids is 1. The molecule has 2 aromatic carbocycles. The van der Waals surface area contributed by atoms with Crippen LogP contribution in [0, 0.1) is 0 Å². The van der Waals surface area contributed by atoms with E-state index in [2.05, 4.69) is 22.8 Å². The minimum Gasteiger partial charge on any atom is -0.481 e. The lowest BCUT2D eigenvalue weighted by molar-refractivity contribution is -0.140. The molecule has 33 heavy (non-hydrogen) atoms. The van der Waals surface area contributed by atoms with Crippen LogP contribution in [0.3, 0.4) is 0 Å². The highest BCUT2D eigenvalue weighted by atomic mass is 16.5. The summed E-state index contributed by atoms with van der Waals surface area (Å²) in [6.07, 6.45) is -2.94. The number of carbonyl (C=O) groups excluding carboxylic acids is 2. The molecule has 9 heteroatoms. The van der Waals surface area contributed by atoms with Crippen molar-refractivity contribution in [2.75, 3.05) is 26.8 Å². The Hall–Kier alpha value is -3.43. The van der Waals surface area contributed by atoms with Gasteiger partial charge in [0.05, 0.1) is 12.5 Å². The SMILES string of the molecule is COC(CCNC(=O)OCC1c2ccccc2-c2ccccc21)C(=O)NCC(O)CC(=O)O. The van der Waals surface area contributed by atoms with E-state index in [9.17, 15) is 19.5 Å². The Morgan fingerprint density at radius 1 is 1.00 bits per heavy atom. The number of aliphatic hydroxyl groups excluding tert-OH is 1. The number of aliphatic hydroxyl groups is 1. The molecule has 4 N–H and O–H groups in total. The van der Waals surface area contributed by atoms with Gasteiger partial charge in [0.1, 0.15) is 12.7 Å². The summed E-state index contributed by atoms with van der Waals surface area (Å²) >= 11 is 0. The number of amides is 2. The summed E-state index contributed by atoms with van der Waals surface area (Å²) in [7, 11) is 1.35. The number of hydrogen-bond acceptors (Lipinski definition) is 6. The van der Waals surface area contributed by atoms with E-state index in [4.69, 9.17) is 14.6 Å². The maximum Gasteiger partial charge on any atom is 0.407 e. The zero-order chi connectivity index (χ0) is 23.8. The summed E-state index contributed by atoms with van der Waals surface area (Å²) in [5.74, 6) is -1.71. The summed E-state index contributed by atoms with van der Waals surface area (Å²) in [6, 6.07) is 16.1. The molecule has 0 aromatic heterocycles. The summed E-state index contributed by atoms with van der Waals surface area (Å²) < 4.78 is 10.6. The molecule has 0 saturated carbocycles. The zero-order valence-electron chi connectivity index (χ0n) is 18.3. The minimum atomic E-state index is -1.19. The van der Waals surface area contributed by atoms with E-state index in [1.165, 1.54) is 7.11 Å². The lowest BCUT2D eigenvalue weighted by atomic mass is 9.98. The van der Waals surface area contributed by atoms with Gasteiger partial charge in [-0.3, -0.25) is 9.59 Å². The largest absolute Gasteiger partial charge is 0.481 e. The van der Waals surface area contributed by atoms with Gasteiger partial charge >= 0.3 is 12.1 Å². The Morgan fingerprint density at radius 2 is 1.61 bits per heavy atom. The molecule has 0 radical (unpaired) electrons. The molecule has 0 aliphatic heterocycles. The van der Waals surface area contributed by atoms with Crippen molar-refractivity contribution in [3.63, 3.8) is 0 Å². The Labute approximate surface area is 191 Å². The number of aliphatic carboxylic acids is 1. The molecule has 3 rings (SSSR count). The number of rotatable bonds is 11. The molecule has 0 fully saturated rings. The molecule has 0 spiro atoms. The first-order valence-electron chi connectivity index (χ1n) is 10.7. The van der Waals surface area contributed by atoms with Crippen molar-refractivity contribution in [2.45, 2.75) is 31.0 Å². The van der Waals surface area contributed by atoms with Crippen LogP contribution in [0.4, 0.5) is 4.79 Å². The number of ether oxygens (including phenoxy) is 2. The van der Waals surface area contributed by atoms with Crippen molar-refractivity contribution in [2.24, 2.45) is 0 Å². The highest BCUT2D eigenvalue weighted by Crippen LogP contribution is 2.44. The van der Waals surface area contributed by atoms with Crippen LogP contribution in [-0.4, -0.2) is 67.2 Å². The second kappa shape index (κ2) is 11.4. The van der Waals surface area contributed by atoms with Gasteiger partial charge in [-0.05, 0) is 22.3 Å². The van der Waals surface area contributed by atoms with Gasteiger partial charge in [-0.25, -0.2) is 4.79 Å². The number of methoxy groups -OCH3 is 1. The topological polar surface area (TPSA) is 134 Å². The van der Waals surface area contributed by atoms with Crippen molar-refractivity contribution in [3.8, 4) is 11.1 Å². The molecule has 0 heterocycles. The molecular formula is C24H28N2O7. The van der Waals surface area contributed by atoms with E-state index in [0.29, 0.717) is 0 Å². The van der Waals surface area contributed by atoms with Crippen LogP contribution in [0.1, 0.15) is 29.9 Å². The van der Waals surface area contributed by atoms with Gasteiger partial charge in [-0.1, -0.05) is 48.5 Å². The third-order valence-corrected chi connectivity index (χ3v) is 5.52. The molecule has 2 atom stereocenters. The van der Waals surface area contributed by atoms with Crippen LogP contribution in [0.2, 0.25) is 0 Å². The maximum absolute atomic E-state index is 12.2. The van der Waals surface area contributed by atoms with Crippen molar-refractivity contribution < 1.29 is 34.1 Å². The first-order valence-corrected chi connectivity index (χ1v) is 10.7. The Morgan fingerprint density at radius 3 is 2.18 bits per heavy atom. The third kappa shape index (κ3) is 6.30. The molecule has 2 unspecified atom stereocenters. The fourth-order valence-electron chi connectivity index (χ4n) is 3.92. The van der Waals surface area contributed by atoms with Crippen LogP contribution < -0.4 is 10.6 Å². The summed E-state index contributed by atoms with van der Waals surface area (Å²) in [5, 5.41) is 23.2. The van der Waals surface area contributed by atoms with Gasteiger partial charge in [0.25, 0.3) is 0 Å². The third-order valence-electron chi connectivity index (χ3n) is 5.52. The van der Waals surface area contributed by atoms with Crippen molar-refractivity contribution in [1.29, 1.82) is 0 Å². The van der Waals surface area contributed by atoms with E-state index in [0.717, 1.165) is 22.3 Å². The molecule has 2 aromatic rings. The predicted molar refractivity (Wildman–Crippen MR) is 120 cm³/mol. The molecule has 9 nitrogen and oxygen atoms in total. The van der Waals surface area contributed by atoms with E-state index in [1.54, 1.807) is 0 Å². The van der Waals surface area contributed by atoms with Crippen molar-refractivity contribution >= 4 is 18.0 Å². The maximum atomic E-state index is 12.2. The fraction of sp³-hybridized carbons (Fsp3) is 0.375. The summed E-state index contributed by atoms with van der Waals surface area (Å²) in [4.78, 5) is 34.9. The molecule has 176 valence electrons. The van der Waals surface area contributed by atoms with Crippen LogP contribution in [-0.2, 0) is 19.1 Å². The number of hydrogen-bond donors (Lipinski definition) is 4. The lowest BCUT2D eigenvalue weighted by Crippen LogP contribution is -2.42. The number of fused-ring (bicyclic) bond motifs is 3. The Kier molecular flexibility index (Phi) is 8.39. The number of carbonyl (C=O) groups is 3. The molecule has 0 bridgehead atoms. The summed E-state index contributed by atoms with van der Waals surface area (Å²) in [6.45, 7) is 0.126. The minimum absolute atomic E-state index is 0.0436. The molecule has 2 amide bonds. The van der Waals surface area contributed by atoms with E-state index in [1.807, 2.05) is 36.4 Å². The monoisotopic (exact) mass is 456 g/mol. The highest BCUT2D eigenvalue weighted by molar-refractivity contribution is 5.81. The van der Waals surface area contributed by atoms with Crippen LogP contribution >= 0.6 is 0 Å². The molecular weight excluding hydrogens is 428 g/mol. The quantitative estimate of drug-likeness (QED) is 0.406. The first-order chi connectivity index (χ1) is 15.9. The molecule has 0 saturated heterocycles. The number of nitrogens with one attached hydrogen (secondary N) is 2. The van der Waals surface area contributed by atoms with Crippen molar-refractivity contribution in [3.05, 3.63) is 59.7 Å². The Balaban J connectivity index is 1.44. The lowest BCUT2D eigenvalue weighted by Gasteiger charge is -2.17. The number of carboxylic acid groups (broad SMARTS) is 1. The summed E-state index contributed by atoms with van der Waals surface area (Å²) in [5.41, 5.74) is 4.52. The number of benzene rings is 2. The van der Waals surface area contributed by atoms with Gasteiger partial charge in [-0.15, -0.1) is 0 Å². The predicted octanol–water partition coefficient (Wildman–Crippen LogP) is 1.88. The second-order valence-corrected chi connectivity index (χ2v) is 7.76. The van der Waals surface area contributed by atoms with Gasteiger partial charge in [-0.2, -0.15) is 0 Å². The molecule has 1 aliphatic carbocycles. The standard InChI is InChI=1S/C24H28N2O7/c1-32-21(23(30)26-13-15(27)12-22(28)29)10-11-25-24(31)33-14-20-18-8-4-2-6-16(18)17-7-3-5-9-19(17)20/h2-9,15,20-21,27H,10-14H2,1H3,(H,25,31)(H,26,30)(H,28,29). The first kappa shape index (κ1) is 24.2. The van der Waals surface area contributed by atoms with E-state index < -0.39 is 36.6 Å². The normalized spacial score (nSPS) is 14.0. The van der Waals surface area contributed by atoms with Crippen LogP contribution in [0.15, 0.2) is 48.5 Å². The highest BCUT2D eigenvalue weighted by Gasteiger charge is 2.29. The second-order valence-electron chi connectivity index (χ2n) is 7.76. The Bertz CT molecular complexity index is 949. The fourth-order valence-corrected chi connectivity index (χ4v) is 3.92. The van der Waals surface area contributed by atoms with Gasteiger partial charge in [0.15, 0.2) is 0 Å². The molecule has 1 aliphatic rings. The van der Waals surface area contributed by atoms with Crippen LogP contribution in [0.5, 0.6) is 0 Å². The van der Waals surface area contributed by atoms with Crippen LogP contribution in [0.25, 0.3) is 11.1 Å². The van der Waals surface area contributed by atoms with Gasteiger partial charge in [0.2, 0.25) is 5.91 Å². The van der Waals surface area contributed by atoms with Gasteiger partial charge < -0.3 is 30.3 Å². The average molecular weight is 456 g/mol. The number of alkyl carbamates (subject to hydrolysis) is 1. The van der Waals surface area contributed by atoms with Crippen molar-refractivity contribution in [1.82, 2.24) is 10.6 Å². The van der Waals surface area contributed by atoms with E-state index in [-0.39, 0.29) is 32.0 Å².